The molecular formula is C77H149NO5. The van der Waals surface area contributed by atoms with E-state index in [2.05, 4.69) is 31.3 Å². The van der Waals surface area contributed by atoms with Gasteiger partial charge in [0.2, 0.25) is 5.91 Å². The number of ether oxygens (including phenoxy) is 1. The minimum absolute atomic E-state index is 0.0237. The third-order valence-corrected chi connectivity index (χ3v) is 18.0. The molecule has 83 heavy (non-hydrogen) atoms. The average molecular weight is 1170 g/mol. The maximum Gasteiger partial charge on any atom is 0.305 e. The molecule has 0 aromatic carbocycles. The van der Waals surface area contributed by atoms with Crippen LogP contribution in [-0.4, -0.2) is 47.4 Å². The van der Waals surface area contributed by atoms with Crippen LogP contribution in [0.1, 0.15) is 431 Å². The normalized spacial score (nSPS) is 12.6. The van der Waals surface area contributed by atoms with Gasteiger partial charge < -0.3 is 20.3 Å². The first-order valence-electron chi connectivity index (χ1n) is 38.1. The number of esters is 1. The summed E-state index contributed by atoms with van der Waals surface area (Å²) >= 11 is 0. The molecule has 0 aliphatic heterocycles. The van der Waals surface area contributed by atoms with Crippen molar-refractivity contribution in [2.45, 2.75) is 443 Å². The van der Waals surface area contributed by atoms with Crippen LogP contribution in [0.25, 0.3) is 0 Å². The molecule has 0 radical (unpaired) electrons. The molecule has 0 saturated carbocycles. The Morgan fingerprint density at radius 1 is 0.325 bits per heavy atom. The van der Waals surface area contributed by atoms with E-state index in [4.69, 9.17) is 4.74 Å². The summed E-state index contributed by atoms with van der Waals surface area (Å²) in [4.78, 5) is 24.5. The van der Waals surface area contributed by atoms with Crippen LogP contribution < -0.4 is 5.32 Å². The Morgan fingerprint density at radius 2 is 0.566 bits per heavy atom. The molecule has 492 valence electrons. The lowest BCUT2D eigenvalue weighted by molar-refractivity contribution is -0.143. The lowest BCUT2D eigenvalue weighted by Crippen LogP contribution is -2.45. The number of aliphatic hydroxyl groups is 2. The van der Waals surface area contributed by atoms with Gasteiger partial charge in [0.15, 0.2) is 0 Å². The fourth-order valence-corrected chi connectivity index (χ4v) is 12.2. The number of amides is 1. The second-order valence-corrected chi connectivity index (χ2v) is 26.3. The van der Waals surface area contributed by atoms with E-state index in [0.29, 0.717) is 19.4 Å². The molecule has 2 unspecified atom stereocenters. The largest absolute Gasteiger partial charge is 0.466 e. The van der Waals surface area contributed by atoms with Gasteiger partial charge in [0, 0.05) is 12.8 Å². The third kappa shape index (κ3) is 69.3. The Labute approximate surface area is 520 Å². The van der Waals surface area contributed by atoms with Gasteiger partial charge in [-0.1, -0.05) is 385 Å². The van der Waals surface area contributed by atoms with E-state index < -0.39 is 12.1 Å². The topological polar surface area (TPSA) is 95.9 Å². The van der Waals surface area contributed by atoms with Crippen molar-refractivity contribution in [3.63, 3.8) is 0 Å². The number of unbranched alkanes of at least 4 members (excludes halogenated alkanes) is 59. The van der Waals surface area contributed by atoms with Crippen LogP contribution in [0.2, 0.25) is 0 Å². The second-order valence-electron chi connectivity index (χ2n) is 26.3. The quantitative estimate of drug-likeness (QED) is 0.0320. The minimum atomic E-state index is -0.841. The van der Waals surface area contributed by atoms with Gasteiger partial charge in [0.25, 0.3) is 0 Å². The van der Waals surface area contributed by atoms with E-state index in [0.717, 1.165) is 38.5 Å². The molecule has 0 heterocycles. The highest BCUT2D eigenvalue weighted by Gasteiger charge is 2.18. The maximum atomic E-state index is 12.5. The Kier molecular flexibility index (Phi) is 71.4. The summed E-state index contributed by atoms with van der Waals surface area (Å²) in [5.74, 6) is -0.0371. The van der Waals surface area contributed by atoms with Crippen LogP contribution in [0.5, 0.6) is 0 Å². The van der Waals surface area contributed by atoms with Gasteiger partial charge in [-0.3, -0.25) is 9.59 Å². The molecular weight excluding hydrogens is 1020 g/mol. The van der Waals surface area contributed by atoms with E-state index in [9.17, 15) is 19.8 Å². The monoisotopic (exact) mass is 1170 g/mol. The molecule has 0 aromatic rings. The van der Waals surface area contributed by atoms with Crippen LogP contribution in [0.15, 0.2) is 24.3 Å². The van der Waals surface area contributed by atoms with E-state index in [1.807, 2.05) is 6.08 Å². The molecule has 0 aromatic heterocycles. The number of aliphatic hydroxyl groups excluding tert-OH is 2. The molecule has 3 N–H and O–H groups in total. The van der Waals surface area contributed by atoms with Gasteiger partial charge in [-0.25, -0.2) is 0 Å². The van der Waals surface area contributed by atoms with Crippen LogP contribution >= 0.6 is 0 Å². The average Bonchev–Trinajstić information content (AvgIpc) is 3.49. The third-order valence-electron chi connectivity index (χ3n) is 18.0. The number of hydrogen-bond donors (Lipinski definition) is 3. The molecule has 6 nitrogen and oxygen atoms in total. The van der Waals surface area contributed by atoms with Gasteiger partial charge in [-0.05, 0) is 57.8 Å². The molecule has 1 amide bonds. The van der Waals surface area contributed by atoms with Crippen molar-refractivity contribution in [2.75, 3.05) is 13.2 Å². The van der Waals surface area contributed by atoms with Gasteiger partial charge in [0.1, 0.15) is 0 Å². The Balaban J connectivity index is 3.32. The SMILES string of the molecule is CCCCCCCCCCCCCCC/C=C/C(O)C(CO)NC(=O)CCCCCCCCCCCCCCCCCCC/C=C\CCCCCCCCCCCCCCCCCCCCOC(=O)CCCCCCCCCCCCCC. The molecule has 0 spiro atoms. The van der Waals surface area contributed by atoms with Crippen molar-refractivity contribution in [3.05, 3.63) is 24.3 Å². The predicted octanol–water partition coefficient (Wildman–Crippen LogP) is 24.9. The number of allylic oxidation sites excluding steroid dienone is 3. The zero-order valence-corrected chi connectivity index (χ0v) is 56.5. The summed E-state index contributed by atoms with van der Waals surface area (Å²) in [5.41, 5.74) is 0. The van der Waals surface area contributed by atoms with E-state index in [-0.39, 0.29) is 18.5 Å². The summed E-state index contributed by atoms with van der Waals surface area (Å²) < 4.78 is 5.49. The lowest BCUT2D eigenvalue weighted by atomic mass is 10.0. The number of hydrogen-bond acceptors (Lipinski definition) is 5. The number of nitrogens with one attached hydrogen (secondary N) is 1. The summed E-state index contributed by atoms with van der Waals surface area (Å²) in [7, 11) is 0. The molecule has 2 atom stereocenters. The van der Waals surface area contributed by atoms with E-state index in [1.54, 1.807) is 6.08 Å². The number of carbonyl (C=O) groups is 2. The van der Waals surface area contributed by atoms with Crippen LogP contribution in [0.4, 0.5) is 0 Å². The van der Waals surface area contributed by atoms with Gasteiger partial charge in [-0.2, -0.15) is 0 Å². The van der Waals surface area contributed by atoms with Crippen molar-refractivity contribution < 1.29 is 24.5 Å². The van der Waals surface area contributed by atoms with E-state index >= 15 is 0 Å². The van der Waals surface area contributed by atoms with Gasteiger partial charge in [-0.15, -0.1) is 0 Å². The molecule has 0 rings (SSSR count). The highest BCUT2D eigenvalue weighted by atomic mass is 16.5. The summed E-state index contributed by atoms with van der Waals surface area (Å²) in [6, 6.07) is -0.624. The highest BCUT2D eigenvalue weighted by molar-refractivity contribution is 5.76. The Bertz CT molecular complexity index is 1300. The molecule has 0 saturated heterocycles. The summed E-state index contributed by atoms with van der Waals surface area (Å²) in [5, 5.41) is 23.2. The zero-order valence-electron chi connectivity index (χ0n) is 56.5. The maximum absolute atomic E-state index is 12.5. The van der Waals surface area contributed by atoms with Crippen molar-refractivity contribution in [1.29, 1.82) is 0 Å². The smallest absolute Gasteiger partial charge is 0.305 e. The molecule has 0 aliphatic rings. The van der Waals surface area contributed by atoms with Crippen LogP contribution in [0.3, 0.4) is 0 Å². The molecule has 0 fully saturated rings. The first-order valence-corrected chi connectivity index (χ1v) is 38.1. The van der Waals surface area contributed by atoms with Crippen LogP contribution in [-0.2, 0) is 14.3 Å². The number of rotatable bonds is 72. The predicted molar refractivity (Wildman–Crippen MR) is 366 cm³/mol. The minimum Gasteiger partial charge on any atom is -0.466 e. The number of carbonyl (C=O) groups excluding carboxylic acids is 2. The Hall–Kier alpha value is -1.66. The van der Waals surface area contributed by atoms with Crippen molar-refractivity contribution in [1.82, 2.24) is 5.32 Å². The molecule has 0 bridgehead atoms. The Morgan fingerprint density at radius 3 is 0.855 bits per heavy atom. The fourth-order valence-electron chi connectivity index (χ4n) is 12.2. The van der Waals surface area contributed by atoms with Crippen molar-refractivity contribution in [2.24, 2.45) is 0 Å². The van der Waals surface area contributed by atoms with Crippen LogP contribution in [0, 0.1) is 0 Å². The standard InChI is InChI=1S/C77H149NO5/c1-3-5-7-9-11-13-15-17-43-46-49-53-57-61-65-69-75(80)74(73-79)78-76(81)70-66-62-58-54-50-47-44-41-39-37-35-33-31-29-27-25-23-21-19-18-20-22-24-26-28-30-32-34-36-38-40-42-45-48-52-56-60-64-68-72-83-77(82)71-67-63-59-55-51-16-14-12-10-8-6-4-2/h18-19,65,69,74-75,79-80H,3-17,20-64,66-68,70-73H2,1-2H3,(H,78,81)/b19-18-,69-65+. The van der Waals surface area contributed by atoms with Crippen molar-refractivity contribution >= 4 is 11.9 Å². The summed E-state index contributed by atoms with van der Waals surface area (Å²) in [6.45, 7) is 4.94. The lowest BCUT2D eigenvalue weighted by Gasteiger charge is -2.20. The highest BCUT2D eigenvalue weighted by Crippen LogP contribution is 2.19. The molecule has 0 aliphatic carbocycles. The van der Waals surface area contributed by atoms with Gasteiger partial charge in [0.05, 0.1) is 25.4 Å². The van der Waals surface area contributed by atoms with Gasteiger partial charge >= 0.3 is 5.97 Å². The second kappa shape index (κ2) is 72.8. The summed E-state index contributed by atoms with van der Waals surface area (Å²) in [6.07, 6.45) is 93.0. The molecule has 6 heteroatoms. The van der Waals surface area contributed by atoms with E-state index in [1.165, 1.54) is 366 Å². The first kappa shape index (κ1) is 81.3. The zero-order chi connectivity index (χ0) is 59.9. The van der Waals surface area contributed by atoms with Crippen molar-refractivity contribution in [3.8, 4) is 0 Å². The first-order chi connectivity index (χ1) is 41.0. The fraction of sp³-hybridized carbons (Fsp3) is 0.922.